The van der Waals surface area contributed by atoms with E-state index in [1.54, 1.807) is 6.92 Å². The number of ether oxygens (including phenoxy) is 1. The summed E-state index contributed by atoms with van der Waals surface area (Å²) in [6, 6.07) is 0. The van der Waals surface area contributed by atoms with Crippen LogP contribution in [0, 0.1) is 0 Å². The Morgan fingerprint density at radius 3 is 2.73 bits per heavy atom. The van der Waals surface area contributed by atoms with Crippen molar-refractivity contribution in [2.75, 3.05) is 12.9 Å². The van der Waals surface area contributed by atoms with E-state index in [0.717, 1.165) is 22.6 Å². The smallest absolute Gasteiger partial charge is 0.306 e. The molecule has 0 saturated heterocycles. The molecule has 0 N–H and O–H groups in total. The second kappa shape index (κ2) is 7.49. The first-order chi connectivity index (χ1) is 10.4. The molecule has 22 heavy (non-hydrogen) atoms. The van der Waals surface area contributed by atoms with Crippen molar-refractivity contribution in [3.8, 4) is 0 Å². The van der Waals surface area contributed by atoms with Crippen LogP contribution in [0.3, 0.4) is 0 Å². The summed E-state index contributed by atoms with van der Waals surface area (Å²) in [5.74, 6) is -0.260. The third-order valence-corrected chi connectivity index (χ3v) is 7.20. The fourth-order valence-electron chi connectivity index (χ4n) is 1.36. The minimum atomic E-state index is -3.23. The Labute approximate surface area is 140 Å². The molecular formula is C11H13N3O4S4. The third-order valence-electron chi connectivity index (χ3n) is 2.30. The van der Waals surface area contributed by atoms with Crippen LogP contribution in [0.4, 0.5) is 0 Å². The van der Waals surface area contributed by atoms with E-state index in [2.05, 4.69) is 15.2 Å². The molecule has 2 aromatic rings. The first-order valence-electron chi connectivity index (χ1n) is 6.20. The van der Waals surface area contributed by atoms with Crippen LogP contribution >= 0.6 is 34.4 Å². The number of sulfone groups is 1. The van der Waals surface area contributed by atoms with Crippen LogP contribution in [0.1, 0.15) is 18.4 Å². The highest BCUT2D eigenvalue weighted by molar-refractivity contribution is 8.03. The van der Waals surface area contributed by atoms with Gasteiger partial charge in [-0.15, -0.1) is 10.2 Å². The van der Waals surface area contributed by atoms with Gasteiger partial charge in [-0.1, -0.05) is 22.7 Å². The molecule has 7 nitrogen and oxygen atoms in total. The summed E-state index contributed by atoms with van der Waals surface area (Å²) in [5, 5.41) is 8.73. The zero-order chi connectivity index (χ0) is 16.2. The highest BCUT2D eigenvalue weighted by atomic mass is 32.2. The molecule has 0 saturated carbocycles. The molecule has 0 fully saturated rings. The second-order valence-corrected chi connectivity index (χ2v) is 9.92. The highest BCUT2D eigenvalue weighted by Gasteiger charge is 2.15. The molecule has 2 heterocycles. The number of hydrogen-bond acceptors (Lipinski definition) is 10. The lowest BCUT2D eigenvalue weighted by molar-refractivity contribution is -0.143. The lowest BCUT2D eigenvalue weighted by Gasteiger charge is -1.98. The van der Waals surface area contributed by atoms with Crippen LogP contribution in [-0.4, -0.2) is 42.4 Å². The van der Waals surface area contributed by atoms with Crippen LogP contribution in [0.15, 0.2) is 19.1 Å². The SMILES string of the molecule is CCOC(=O)CCc1nnc(Sc2ncc(S(C)(=O)=O)s2)s1. The van der Waals surface area contributed by atoms with E-state index in [9.17, 15) is 13.2 Å². The summed E-state index contributed by atoms with van der Waals surface area (Å²) in [6.07, 6.45) is 3.23. The van der Waals surface area contributed by atoms with E-state index in [1.165, 1.54) is 29.3 Å². The highest BCUT2D eigenvalue weighted by Crippen LogP contribution is 2.34. The van der Waals surface area contributed by atoms with Gasteiger partial charge in [0.25, 0.3) is 0 Å². The Kier molecular flexibility index (Phi) is 5.89. The molecule has 0 radical (unpaired) electrons. The van der Waals surface area contributed by atoms with Crippen molar-refractivity contribution in [3.63, 3.8) is 0 Å². The fourth-order valence-corrected chi connectivity index (χ4v) is 5.42. The molecule has 0 amide bonds. The Balaban J connectivity index is 1.94. The van der Waals surface area contributed by atoms with Gasteiger partial charge >= 0.3 is 5.97 Å². The molecule has 0 aromatic carbocycles. The van der Waals surface area contributed by atoms with Crippen molar-refractivity contribution in [2.45, 2.75) is 32.7 Å². The molecule has 0 bridgehead atoms. The van der Waals surface area contributed by atoms with Gasteiger partial charge in [-0.25, -0.2) is 13.4 Å². The Morgan fingerprint density at radius 1 is 1.32 bits per heavy atom. The first kappa shape index (κ1) is 17.3. The van der Waals surface area contributed by atoms with Gasteiger partial charge in [0.15, 0.2) is 18.5 Å². The average Bonchev–Trinajstić information content (AvgIpc) is 3.06. The average molecular weight is 380 g/mol. The number of rotatable bonds is 7. The van der Waals surface area contributed by atoms with Crippen molar-refractivity contribution < 1.29 is 17.9 Å². The summed E-state index contributed by atoms with van der Waals surface area (Å²) in [6.45, 7) is 2.12. The number of hydrogen-bond donors (Lipinski definition) is 0. The zero-order valence-corrected chi connectivity index (χ0v) is 15.1. The maximum atomic E-state index is 11.4. The number of carbonyl (C=O) groups is 1. The minimum Gasteiger partial charge on any atom is -0.466 e. The lowest BCUT2D eigenvalue weighted by atomic mass is 10.3. The Hall–Kier alpha value is -1.04. The number of thiazole rings is 1. The van der Waals surface area contributed by atoms with Gasteiger partial charge in [0.2, 0.25) is 0 Å². The maximum Gasteiger partial charge on any atom is 0.306 e. The maximum absolute atomic E-state index is 11.4. The molecule has 11 heteroatoms. The molecule has 120 valence electrons. The molecule has 0 unspecified atom stereocenters. The number of esters is 1. The summed E-state index contributed by atoms with van der Waals surface area (Å²) in [7, 11) is -3.23. The molecule has 0 aliphatic rings. The van der Waals surface area contributed by atoms with Crippen molar-refractivity contribution in [2.24, 2.45) is 0 Å². The summed E-state index contributed by atoms with van der Waals surface area (Å²) < 4.78 is 29.1. The predicted octanol–water partition coefficient (Wildman–Crippen LogP) is 2.04. The topological polar surface area (TPSA) is 99.1 Å². The van der Waals surface area contributed by atoms with E-state index in [4.69, 9.17) is 4.74 Å². The Morgan fingerprint density at radius 2 is 2.09 bits per heavy atom. The third kappa shape index (κ3) is 5.00. The number of aromatic nitrogens is 3. The molecular weight excluding hydrogens is 366 g/mol. The van der Waals surface area contributed by atoms with Crippen LogP contribution in [0.5, 0.6) is 0 Å². The van der Waals surface area contributed by atoms with Crippen molar-refractivity contribution in [1.29, 1.82) is 0 Å². The summed E-state index contributed by atoms with van der Waals surface area (Å²) >= 11 is 3.71. The van der Waals surface area contributed by atoms with E-state index >= 15 is 0 Å². The van der Waals surface area contributed by atoms with Crippen molar-refractivity contribution in [3.05, 3.63) is 11.2 Å². The van der Waals surface area contributed by atoms with Gasteiger partial charge in [-0.3, -0.25) is 4.79 Å². The minimum absolute atomic E-state index is 0.224. The quantitative estimate of drug-likeness (QED) is 0.674. The van der Waals surface area contributed by atoms with Crippen molar-refractivity contribution in [1.82, 2.24) is 15.2 Å². The van der Waals surface area contributed by atoms with Crippen LogP contribution < -0.4 is 0 Å². The van der Waals surface area contributed by atoms with Gasteiger partial charge in [-0.2, -0.15) is 0 Å². The normalized spacial score (nSPS) is 11.5. The fraction of sp³-hybridized carbons (Fsp3) is 0.455. The largest absolute Gasteiger partial charge is 0.466 e. The van der Waals surface area contributed by atoms with E-state index < -0.39 is 9.84 Å². The van der Waals surface area contributed by atoms with E-state index in [1.807, 2.05) is 0 Å². The van der Waals surface area contributed by atoms with Crippen LogP contribution in [0.25, 0.3) is 0 Å². The van der Waals surface area contributed by atoms with Gasteiger partial charge in [0.05, 0.1) is 19.2 Å². The van der Waals surface area contributed by atoms with Gasteiger partial charge in [0.1, 0.15) is 9.22 Å². The van der Waals surface area contributed by atoms with Crippen LogP contribution in [0.2, 0.25) is 0 Å². The zero-order valence-electron chi connectivity index (χ0n) is 11.8. The molecule has 0 aliphatic carbocycles. The number of carbonyl (C=O) groups excluding carboxylic acids is 1. The van der Waals surface area contributed by atoms with E-state index in [0.29, 0.717) is 21.7 Å². The molecule has 0 atom stereocenters. The molecule has 0 spiro atoms. The lowest BCUT2D eigenvalue weighted by Crippen LogP contribution is -2.04. The summed E-state index contributed by atoms with van der Waals surface area (Å²) in [5.41, 5.74) is 0. The monoisotopic (exact) mass is 379 g/mol. The number of nitrogens with zero attached hydrogens (tertiary/aromatic N) is 3. The second-order valence-electron chi connectivity index (χ2n) is 4.09. The molecule has 2 rings (SSSR count). The Bertz CT molecular complexity index is 753. The van der Waals surface area contributed by atoms with E-state index in [-0.39, 0.29) is 16.6 Å². The molecule has 0 aliphatic heterocycles. The van der Waals surface area contributed by atoms with Crippen molar-refractivity contribution >= 4 is 50.2 Å². The summed E-state index contributed by atoms with van der Waals surface area (Å²) in [4.78, 5) is 15.3. The standard InChI is InChI=1S/C11H13N3O4S4/c1-3-18-8(15)5-4-7-13-14-11(19-7)21-10-12-6-9(20-10)22(2,16)17/h6H,3-5H2,1-2H3. The van der Waals surface area contributed by atoms with Crippen LogP contribution in [-0.2, 0) is 25.8 Å². The van der Waals surface area contributed by atoms with Gasteiger partial charge in [-0.05, 0) is 18.7 Å². The predicted molar refractivity (Wildman–Crippen MR) is 84.2 cm³/mol. The number of aryl methyl sites for hydroxylation is 1. The van der Waals surface area contributed by atoms with Gasteiger partial charge < -0.3 is 4.74 Å². The van der Waals surface area contributed by atoms with Gasteiger partial charge in [0, 0.05) is 12.7 Å². The first-order valence-corrected chi connectivity index (χ1v) is 10.5. The molecule has 2 aromatic heterocycles.